The molecule has 0 saturated carbocycles. The number of aromatic nitrogens is 1. The van der Waals surface area contributed by atoms with Gasteiger partial charge in [-0.1, -0.05) is 122 Å². The lowest BCUT2D eigenvalue weighted by molar-refractivity contribution is 0.660. The van der Waals surface area contributed by atoms with E-state index >= 15 is 0 Å². The normalized spacial score (nSPS) is 13.2. The van der Waals surface area contributed by atoms with Gasteiger partial charge in [0.05, 0.1) is 22.4 Å². The molecule has 1 aromatic heterocycles. The predicted octanol–water partition coefficient (Wildman–Crippen LogP) is 13.8. The van der Waals surface area contributed by atoms with Crippen LogP contribution in [0.15, 0.2) is 152 Å². The minimum Gasteiger partial charge on any atom is -0.309 e. The summed E-state index contributed by atoms with van der Waals surface area (Å²) >= 11 is 0. The van der Waals surface area contributed by atoms with E-state index in [-0.39, 0.29) is 5.41 Å². The fraction of sp³-hybridized carbons (Fsp3) is 0.120. The van der Waals surface area contributed by atoms with Crippen molar-refractivity contribution in [3.63, 3.8) is 0 Å². The molecular weight excluding hydrogens is 629 g/mol. The van der Waals surface area contributed by atoms with Gasteiger partial charge in [-0.3, -0.25) is 0 Å². The number of rotatable bonds is 4. The molecule has 0 atom stereocenters. The van der Waals surface area contributed by atoms with Crippen LogP contribution in [0.4, 0.5) is 17.1 Å². The molecule has 10 rings (SSSR count). The zero-order valence-electron chi connectivity index (χ0n) is 30.3. The van der Waals surface area contributed by atoms with Crippen LogP contribution in [-0.2, 0) is 5.41 Å². The summed E-state index contributed by atoms with van der Waals surface area (Å²) in [5.74, 6) is 0. The highest BCUT2D eigenvalue weighted by atomic mass is 15.1. The summed E-state index contributed by atoms with van der Waals surface area (Å²) < 4.78 is 2.46. The van der Waals surface area contributed by atoms with Crippen molar-refractivity contribution in [1.82, 2.24) is 4.57 Å². The van der Waals surface area contributed by atoms with Crippen LogP contribution in [0.1, 0.15) is 41.7 Å². The zero-order valence-corrected chi connectivity index (χ0v) is 30.3. The van der Waals surface area contributed by atoms with Crippen LogP contribution in [0.3, 0.4) is 0 Å². The number of hydrogen-bond donors (Lipinski definition) is 0. The van der Waals surface area contributed by atoms with Crippen molar-refractivity contribution in [3.05, 3.63) is 179 Å². The molecular formula is C50H40N2. The van der Waals surface area contributed by atoms with Gasteiger partial charge >= 0.3 is 0 Å². The Morgan fingerprint density at radius 1 is 0.462 bits per heavy atom. The van der Waals surface area contributed by atoms with Gasteiger partial charge in [0.1, 0.15) is 0 Å². The van der Waals surface area contributed by atoms with Crippen LogP contribution < -0.4 is 4.90 Å². The van der Waals surface area contributed by atoms with E-state index in [9.17, 15) is 0 Å². The fourth-order valence-corrected chi connectivity index (χ4v) is 8.91. The van der Waals surface area contributed by atoms with E-state index in [0.29, 0.717) is 0 Å². The topological polar surface area (TPSA) is 8.17 Å². The fourth-order valence-electron chi connectivity index (χ4n) is 8.91. The average molecular weight is 669 g/mol. The minimum atomic E-state index is -0.233. The van der Waals surface area contributed by atoms with Gasteiger partial charge < -0.3 is 9.47 Å². The largest absolute Gasteiger partial charge is 0.309 e. The van der Waals surface area contributed by atoms with Gasteiger partial charge in [-0.25, -0.2) is 0 Å². The maximum atomic E-state index is 2.49. The summed E-state index contributed by atoms with van der Waals surface area (Å²) in [6.45, 7) is 11.4. The number of nitrogens with zero attached hydrogens (tertiary/aromatic N) is 2. The molecule has 8 aromatic carbocycles. The highest BCUT2D eigenvalue weighted by Crippen LogP contribution is 2.55. The van der Waals surface area contributed by atoms with Gasteiger partial charge in [0.2, 0.25) is 0 Å². The van der Waals surface area contributed by atoms with Crippen LogP contribution in [0.25, 0.3) is 60.2 Å². The lowest BCUT2D eigenvalue weighted by Gasteiger charge is -2.30. The first-order chi connectivity index (χ1) is 25.3. The highest BCUT2D eigenvalue weighted by molar-refractivity contribution is 6.12. The van der Waals surface area contributed by atoms with E-state index < -0.39 is 0 Å². The number of fused-ring (bicyclic) bond motifs is 9. The Labute approximate surface area is 305 Å². The summed E-state index contributed by atoms with van der Waals surface area (Å²) in [6.07, 6.45) is 0. The summed E-state index contributed by atoms with van der Waals surface area (Å²) in [7, 11) is 0. The van der Waals surface area contributed by atoms with Crippen LogP contribution in [0.2, 0.25) is 0 Å². The molecule has 0 radical (unpaired) electrons. The van der Waals surface area contributed by atoms with E-state index in [2.05, 4.69) is 196 Å². The maximum absolute atomic E-state index is 2.49. The smallest absolute Gasteiger partial charge is 0.0543 e. The van der Waals surface area contributed by atoms with E-state index in [0.717, 1.165) is 5.69 Å². The Morgan fingerprint density at radius 3 is 1.79 bits per heavy atom. The molecule has 1 heterocycles. The molecule has 0 fully saturated rings. The SMILES string of the molecule is Cc1ccc(N(c2cccc3ccccc23)c2cc3c(c4ccccc24)-c2ccc(-n4c5ccc(C)cc5c5cc(C)ccc54)cc2C3(C)C)cc1. The van der Waals surface area contributed by atoms with E-state index in [1.165, 1.54) is 99.4 Å². The molecule has 0 spiro atoms. The Kier molecular flexibility index (Phi) is 6.60. The standard InChI is InChI=1S/C50H40N2/c1-31-17-21-35(22-18-31)51(45-16-10-12-34-11-6-7-13-37(34)45)48-30-44-49(39-15-9-8-14-38(39)48)40-24-23-36(29-43(40)50(44,4)5)52-46-25-19-32(2)27-41(46)42-28-33(3)20-26-47(42)52/h6-30H,1-5H3. The molecule has 2 heteroatoms. The monoisotopic (exact) mass is 668 g/mol. The third-order valence-electron chi connectivity index (χ3n) is 11.5. The van der Waals surface area contributed by atoms with Crippen LogP contribution >= 0.6 is 0 Å². The van der Waals surface area contributed by atoms with Crippen molar-refractivity contribution in [2.75, 3.05) is 4.90 Å². The third kappa shape index (κ3) is 4.43. The summed E-state index contributed by atoms with van der Waals surface area (Å²) in [5.41, 5.74) is 16.2. The lowest BCUT2D eigenvalue weighted by Crippen LogP contribution is -2.17. The number of hydrogen-bond acceptors (Lipinski definition) is 1. The van der Waals surface area contributed by atoms with Crippen molar-refractivity contribution in [2.45, 2.75) is 40.0 Å². The predicted molar refractivity (Wildman–Crippen MR) is 222 cm³/mol. The number of benzene rings is 8. The number of aryl methyl sites for hydroxylation is 3. The van der Waals surface area contributed by atoms with Gasteiger partial charge in [-0.2, -0.15) is 0 Å². The van der Waals surface area contributed by atoms with Gasteiger partial charge in [-0.05, 0) is 114 Å². The minimum absolute atomic E-state index is 0.233. The second-order valence-corrected chi connectivity index (χ2v) is 15.3. The maximum Gasteiger partial charge on any atom is 0.0543 e. The second kappa shape index (κ2) is 11.2. The van der Waals surface area contributed by atoms with Crippen molar-refractivity contribution in [2.24, 2.45) is 0 Å². The van der Waals surface area contributed by atoms with Crippen molar-refractivity contribution in [3.8, 4) is 16.8 Å². The highest BCUT2D eigenvalue weighted by Gasteiger charge is 2.38. The molecule has 250 valence electrons. The molecule has 0 unspecified atom stereocenters. The Bertz CT molecular complexity index is 2840. The van der Waals surface area contributed by atoms with Crippen molar-refractivity contribution < 1.29 is 0 Å². The molecule has 0 bridgehead atoms. The molecule has 1 aliphatic carbocycles. The van der Waals surface area contributed by atoms with Crippen molar-refractivity contribution >= 4 is 60.4 Å². The van der Waals surface area contributed by atoms with Gasteiger partial charge in [0.15, 0.2) is 0 Å². The van der Waals surface area contributed by atoms with Crippen LogP contribution in [0.5, 0.6) is 0 Å². The molecule has 0 N–H and O–H groups in total. The zero-order chi connectivity index (χ0) is 35.3. The molecule has 1 aliphatic rings. The van der Waals surface area contributed by atoms with Gasteiger partial charge in [0.25, 0.3) is 0 Å². The van der Waals surface area contributed by atoms with Crippen LogP contribution in [-0.4, -0.2) is 4.57 Å². The molecule has 0 amide bonds. The quantitative estimate of drug-likeness (QED) is 0.181. The van der Waals surface area contributed by atoms with Gasteiger partial charge in [-0.15, -0.1) is 0 Å². The molecule has 2 nitrogen and oxygen atoms in total. The first kappa shape index (κ1) is 30.7. The first-order valence-electron chi connectivity index (χ1n) is 18.4. The average Bonchev–Trinajstić information content (AvgIpc) is 3.59. The van der Waals surface area contributed by atoms with E-state index in [1.807, 2.05) is 0 Å². The Hall–Kier alpha value is -6.12. The van der Waals surface area contributed by atoms with Crippen molar-refractivity contribution in [1.29, 1.82) is 0 Å². The first-order valence-corrected chi connectivity index (χ1v) is 18.4. The Balaban J connectivity index is 1.22. The molecule has 52 heavy (non-hydrogen) atoms. The summed E-state index contributed by atoms with van der Waals surface area (Å²) in [5, 5.41) is 7.62. The third-order valence-corrected chi connectivity index (χ3v) is 11.5. The van der Waals surface area contributed by atoms with E-state index in [1.54, 1.807) is 0 Å². The Morgan fingerprint density at radius 2 is 1.08 bits per heavy atom. The van der Waals surface area contributed by atoms with Gasteiger partial charge in [0, 0.05) is 38.3 Å². The molecule has 0 aliphatic heterocycles. The van der Waals surface area contributed by atoms with E-state index in [4.69, 9.17) is 0 Å². The van der Waals surface area contributed by atoms with Crippen LogP contribution in [0, 0.1) is 20.8 Å². The second-order valence-electron chi connectivity index (χ2n) is 15.3. The lowest BCUT2D eigenvalue weighted by atomic mass is 9.81. The summed E-state index contributed by atoms with van der Waals surface area (Å²) in [6, 6.07) is 56.8. The summed E-state index contributed by atoms with van der Waals surface area (Å²) in [4.78, 5) is 2.48. The molecule has 9 aromatic rings. The molecule has 0 saturated heterocycles. The number of anilines is 3.